The summed E-state index contributed by atoms with van der Waals surface area (Å²) in [4.78, 5) is 24.2. The van der Waals surface area contributed by atoms with Gasteiger partial charge in [0.15, 0.2) is 11.5 Å². The van der Waals surface area contributed by atoms with Crippen molar-refractivity contribution in [3.05, 3.63) is 64.0 Å². The average molecular weight is 466 g/mol. The molecule has 1 aliphatic heterocycles. The van der Waals surface area contributed by atoms with Gasteiger partial charge in [-0.2, -0.15) is 0 Å². The highest BCUT2D eigenvalue weighted by atomic mass is 16.6. The number of esters is 1. The average Bonchev–Trinajstić information content (AvgIpc) is 2.81. The lowest BCUT2D eigenvalue weighted by Gasteiger charge is -2.39. The van der Waals surface area contributed by atoms with Crippen LogP contribution in [0.2, 0.25) is 0 Å². The first-order valence-electron chi connectivity index (χ1n) is 10.7. The molecule has 4 rings (SSSR count). The summed E-state index contributed by atoms with van der Waals surface area (Å²) < 4.78 is 33.2. The van der Waals surface area contributed by atoms with Crippen molar-refractivity contribution in [2.24, 2.45) is 0 Å². The van der Waals surface area contributed by atoms with Gasteiger partial charge in [-0.25, -0.2) is 9.59 Å². The first kappa shape index (κ1) is 23.2. The predicted octanol–water partition coefficient (Wildman–Crippen LogP) is 4.16. The maximum absolute atomic E-state index is 12.7. The fraction of sp³-hybridized carbons (Fsp3) is 0.308. The van der Waals surface area contributed by atoms with Crippen LogP contribution < -0.4 is 24.6 Å². The van der Waals surface area contributed by atoms with Gasteiger partial charge in [0.1, 0.15) is 23.0 Å². The van der Waals surface area contributed by atoms with Gasteiger partial charge in [0.25, 0.3) is 0 Å². The molecule has 8 nitrogen and oxygen atoms in total. The Hall–Kier alpha value is -3.94. The number of fused-ring (bicyclic) bond motifs is 2. The fourth-order valence-corrected chi connectivity index (χ4v) is 3.92. The summed E-state index contributed by atoms with van der Waals surface area (Å²) in [6, 6.07) is 10.1. The molecule has 0 aliphatic carbocycles. The second-order valence-electron chi connectivity index (χ2n) is 8.38. The van der Waals surface area contributed by atoms with E-state index in [2.05, 4.69) is 0 Å². The topological polar surface area (TPSA) is 93.4 Å². The van der Waals surface area contributed by atoms with Gasteiger partial charge in [-0.15, -0.1) is 0 Å². The Morgan fingerprint density at radius 1 is 1.03 bits per heavy atom. The normalized spacial score (nSPS) is 16.6. The number of rotatable bonds is 6. The van der Waals surface area contributed by atoms with Crippen molar-refractivity contribution < 1.29 is 32.9 Å². The maximum atomic E-state index is 12.7. The van der Waals surface area contributed by atoms with Crippen LogP contribution >= 0.6 is 0 Å². The third kappa shape index (κ3) is 4.57. The molecule has 178 valence electrons. The molecular formula is C26H26O8. The molecular weight excluding hydrogens is 440 g/mol. The summed E-state index contributed by atoms with van der Waals surface area (Å²) in [7, 11) is 4.58. The lowest BCUT2D eigenvalue weighted by atomic mass is 9.90. The van der Waals surface area contributed by atoms with Gasteiger partial charge in [-0.1, -0.05) is 0 Å². The molecule has 0 saturated carbocycles. The molecule has 0 spiro atoms. The predicted molar refractivity (Wildman–Crippen MR) is 126 cm³/mol. The van der Waals surface area contributed by atoms with Crippen molar-refractivity contribution in [2.45, 2.75) is 32.0 Å². The first-order valence-corrected chi connectivity index (χ1v) is 10.7. The highest BCUT2D eigenvalue weighted by molar-refractivity contribution is 5.87. The zero-order chi connectivity index (χ0) is 24.5. The number of hydrogen-bond donors (Lipinski definition) is 0. The number of carbonyl (C=O) groups is 1. The van der Waals surface area contributed by atoms with Crippen LogP contribution in [-0.2, 0) is 16.0 Å². The van der Waals surface area contributed by atoms with Crippen LogP contribution in [0, 0.1) is 0 Å². The van der Waals surface area contributed by atoms with E-state index >= 15 is 0 Å². The zero-order valence-electron chi connectivity index (χ0n) is 19.7. The zero-order valence-corrected chi connectivity index (χ0v) is 19.7. The van der Waals surface area contributed by atoms with Crippen molar-refractivity contribution in [3.63, 3.8) is 0 Å². The van der Waals surface area contributed by atoms with E-state index in [9.17, 15) is 9.59 Å². The van der Waals surface area contributed by atoms with Gasteiger partial charge < -0.3 is 28.1 Å². The molecule has 0 bridgehead atoms. The quantitative estimate of drug-likeness (QED) is 0.304. The monoisotopic (exact) mass is 466 g/mol. The standard InChI is InChI=1S/C26H26O8/c1-26(2)22(13-17-12-16-7-9-23(27)32-18(16)14-19(17)34-26)33-24(28)8-6-15-10-20(29-3)25(31-5)21(11-15)30-4/h6-12,14,22H,13H2,1-5H3/t22-/m1/s1. The Morgan fingerprint density at radius 2 is 1.74 bits per heavy atom. The van der Waals surface area contributed by atoms with Gasteiger partial charge in [0, 0.05) is 30.0 Å². The second-order valence-corrected chi connectivity index (χ2v) is 8.38. The Balaban J connectivity index is 1.54. The molecule has 0 N–H and O–H groups in total. The van der Waals surface area contributed by atoms with E-state index in [0.717, 1.165) is 10.9 Å². The minimum Gasteiger partial charge on any atom is -0.493 e. The highest BCUT2D eigenvalue weighted by Crippen LogP contribution is 2.39. The number of ether oxygens (including phenoxy) is 5. The summed E-state index contributed by atoms with van der Waals surface area (Å²) >= 11 is 0. The van der Waals surface area contributed by atoms with Gasteiger partial charge in [0.05, 0.1) is 21.3 Å². The number of carbonyl (C=O) groups excluding carboxylic acids is 1. The van der Waals surface area contributed by atoms with E-state index in [0.29, 0.717) is 40.6 Å². The summed E-state index contributed by atoms with van der Waals surface area (Å²) in [6.45, 7) is 3.70. The first-order chi connectivity index (χ1) is 16.2. The van der Waals surface area contributed by atoms with Crippen LogP contribution in [0.25, 0.3) is 17.0 Å². The lowest BCUT2D eigenvalue weighted by Crippen LogP contribution is -2.48. The summed E-state index contributed by atoms with van der Waals surface area (Å²) in [5.41, 5.74) is 0.793. The van der Waals surface area contributed by atoms with Crippen LogP contribution in [0.1, 0.15) is 25.0 Å². The molecule has 0 saturated heterocycles. The largest absolute Gasteiger partial charge is 0.493 e. The molecule has 3 aromatic rings. The Bertz CT molecular complexity index is 1290. The van der Waals surface area contributed by atoms with Gasteiger partial charge >= 0.3 is 11.6 Å². The van der Waals surface area contributed by atoms with Crippen molar-refractivity contribution >= 4 is 23.0 Å². The van der Waals surface area contributed by atoms with Crippen molar-refractivity contribution in [1.29, 1.82) is 0 Å². The number of hydrogen-bond acceptors (Lipinski definition) is 8. The molecule has 1 aromatic heterocycles. The molecule has 2 aromatic carbocycles. The van der Waals surface area contributed by atoms with Crippen molar-refractivity contribution in [1.82, 2.24) is 0 Å². The third-order valence-corrected chi connectivity index (χ3v) is 5.71. The van der Waals surface area contributed by atoms with Crippen LogP contribution in [-0.4, -0.2) is 39.0 Å². The van der Waals surface area contributed by atoms with Gasteiger partial charge in [-0.05, 0) is 55.3 Å². The second kappa shape index (κ2) is 9.13. The summed E-state index contributed by atoms with van der Waals surface area (Å²) in [5.74, 6) is 1.53. The molecule has 0 unspecified atom stereocenters. The smallest absolute Gasteiger partial charge is 0.336 e. The molecule has 8 heteroatoms. The van der Waals surface area contributed by atoms with Crippen LogP contribution in [0.15, 0.2) is 51.7 Å². The minimum absolute atomic E-state index is 0.423. The Kier molecular flexibility index (Phi) is 6.24. The van der Waals surface area contributed by atoms with Gasteiger partial charge in [-0.3, -0.25) is 0 Å². The molecule has 34 heavy (non-hydrogen) atoms. The highest BCUT2D eigenvalue weighted by Gasteiger charge is 2.39. The van der Waals surface area contributed by atoms with Crippen molar-refractivity contribution in [3.8, 4) is 23.0 Å². The van der Waals surface area contributed by atoms with E-state index in [1.165, 1.54) is 33.5 Å². The number of benzene rings is 2. The molecule has 0 radical (unpaired) electrons. The molecule has 0 amide bonds. The molecule has 0 fully saturated rings. The SMILES string of the molecule is COc1cc(C=CC(=O)O[C@@H]2Cc3cc4ccc(=O)oc4cc3OC2(C)C)cc(OC)c1OC. The van der Waals surface area contributed by atoms with E-state index < -0.39 is 23.3 Å². The van der Waals surface area contributed by atoms with Crippen molar-refractivity contribution in [2.75, 3.05) is 21.3 Å². The van der Waals surface area contributed by atoms with Crippen LogP contribution in [0.5, 0.6) is 23.0 Å². The minimum atomic E-state index is -0.786. The molecule has 2 heterocycles. The van der Waals surface area contributed by atoms with E-state index in [4.69, 9.17) is 28.1 Å². The molecule has 1 atom stereocenters. The van der Waals surface area contributed by atoms with E-state index in [1.807, 2.05) is 19.9 Å². The fourth-order valence-electron chi connectivity index (χ4n) is 3.92. The lowest BCUT2D eigenvalue weighted by molar-refractivity contribution is -0.155. The maximum Gasteiger partial charge on any atom is 0.336 e. The summed E-state index contributed by atoms with van der Waals surface area (Å²) in [5, 5.41) is 0.772. The third-order valence-electron chi connectivity index (χ3n) is 5.71. The Labute approximate surface area is 196 Å². The summed E-state index contributed by atoms with van der Waals surface area (Å²) in [6.07, 6.45) is 2.90. The molecule has 1 aliphatic rings. The van der Waals surface area contributed by atoms with E-state index in [-0.39, 0.29) is 0 Å². The van der Waals surface area contributed by atoms with E-state index in [1.54, 1.807) is 30.3 Å². The van der Waals surface area contributed by atoms with Crippen LogP contribution in [0.3, 0.4) is 0 Å². The Morgan fingerprint density at radius 3 is 2.38 bits per heavy atom. The van der Waals surface area contributed by atoms with Gasteiger partial charge in [0.2, 0.25) is 5.75 Å². The van der Waals surface area contributed by atoms with Crippen LogP contribution in [0.4, 0.5) is 0 Å². The number of methoxy groups -OCH3 is 3.